The predicted octanol–water partition coefficient (Wildman–Crippen LogP) is 2.63. The molecule has 1 amide bonds. The molecule has 0 aromatic heterocycles. The van der Waals surface area contributed by atoms with Gasteiger partial charge >= 0.3 is 11.9 Å². The molecule has 7 nitrogen and oxygen atoms in total. The van der Waals surface area contributed by atoms with Crippen molar-refractivity contribution in [3.8, 4) is 0 Å². The number of aliphatic hydroxyl groups excluding tert-OH is 1. The molecule has 2 aliphatic heterocycles. The fourth-order valence-corrected chi connectivity index (χ4v) is 6.19. The molecule has 2 heterocycles. The molecule has 2 saturated heterocycles. The van der Waals surface area contributed by atoms with E-state index in [1.165, 1.54) is 16.7 Å². The Hall–Kier alpha value is -1.58. The van der Waals surface area contributed by atoms with Crippen molar-refractivity contribution in [3.05, 3.63) is 35.9 Å². The zero-order valence-corrected chi connectivity index (χ0v) is 19.6. The Balaban J connectivity index is 1.71. The largest absolute Gasteiger partial charge is 0.464 e. The van der Waals surface area contributed by atoms with E-state index in [2.05, 4.69) is 15.9 Å². The van der Waals surface area contributed by atoms with E-state index in [9.17, 15) is 19.5 Å². The molecule has 0 saturated carbocycles. The van der Waals surface area contributed by atoms with Crippen LogP contribution in [-0.2, 0) is 30.5 Å². The molecule has 3 rings (SSSR count). The third-order valence-corrected chi connectivity index (χ3v) is 8.50. The van der Waals surface area contributed by atoms with Crippen LogP contribution in [0.2, 0.25) is 0 Å². The first kappa shape index (κ1) is 23.1. The summed E-state index contributed by atoms with van der Waals surface area (Å²) in [6.07, 6.45) is -0.144. The topological polar surface area (TPSA) is 93.1 Å². The molecule has 2 aliphatic rings. The van der Waals surface area contributed by atoms with E-state index in [1.807, 2.05) is 51.1 Å². The molecule has 0 bridgehead atoms. The highest BCUT2D eigenvalue weighted by atomic mass is 79.9. The number of carbonyl (C=O) groups excluding carboxylic acids is 3. The summed E-state index contributed by atoms with van der Waals surface area (Å²) in [7, 11) is 0. The maximum atomic E-state index is 13.0. The number of alkyl halides is 1. The molecule has 0 aliphatic carbocycles. The average molecular weight is 500 g/mol. The first-order chi connectivity index (χ1) is 14.1. The smallest absolute Gasteiger partial charge is 0.337 e. The quantitative estimate of drug-likeness (QED) is 0.254. The van der Waals surface area contributed by atoms with Crippen LogP contribution >= 0.6 is 27.7 Å². The second kappa shape index (κ2) is 8.88. The number of nitrogens with zero attached hydrogens (tertiary/aromatic N) is 1. The van der Waals surface area contributed by atoms with Crippen LogP contribution < -0.4 is 0 Å². The lowest BCUT2D eigenvalue weighted by Crippen LogP contribution is -2.75. The van der Waals surface area contributed by atoms with Crippen LogP contribution in [0, 0.1) is 0 Å². The summed E-state index contributed by atoms with van der Waals surface area (Å²) in [6, 6.07) is 8.46. The van der Waals surface area contributed by atoms with Gasteiger partial charge in [0.25, 0.3) is 0 Å². The van der Waals surface area contributed by atoms with Gasteiger partial charge in [-0.1, -0.05) is 59.6 Å². The molecule has 1 aromatic rings. The highest BCUT2D eigenvalue weighted by Gasteiger charge is 2.74. The minimum atomic E-state index is -1.66. The van der Waals surface area contributed by atoms with E-state index in [0.29, 0.717) is 6.42 Å². The molecule has 0 radical (unpaired) electrons. The highest BCUT2D eigenvalue weighted by molar-refractivity contribution is 9.10. The lowest BCUT2D eigenvalue weighted by atomic mass is 9.87. The Bertz CT molecular complexity index is 819. The maximum Gasteiger partial charge on any atom is 0.337 e. The van der Waals surface area contributed by atoms with Crippen molar-refractivity contribution in [2.24, 2.45) is 0 Å². The van der Waals surface area contributed by atoms with Crippen molar-refractivity contribution in [1.82, 2.24) is 4.90 Å². The normalized spacial score (nSPS) is 27.8. The number of amides is 1. The molecule has 164 valence electrons. The Labute approximate surface area is 188 Å². The molecular weight excluding hydrogens is 474 g/mol. The van der Waals surface area contributed by atoms with Crippen molar-refractivity contribution in [2.75, 3.05) is 6.61 Å². The summed E-state index contributed by atoms with van der Waals surface area (Å²) in [6.45, 7) is 5.94. The highest BCUT2D eigenvalue weighted by Crippen LogP contribution is 2.59. The Morgan fingerprint density at radius 2 is 1.93 bits per heavy atom. The number of thioether (sulfide) groups is 1. The number of esters is 2. The van der Waals surface area contributed by atoms with E-state index in [4.69, 9.17) is 9.47 Å². The average Bonchev–Trinajstić information content (AvgIpc) is 3.00. The number of hydrogen-bond acceptors (Lipinski definition) is 7. The Morgan fingerprint density at radius 3 is 2.57 bits per heavy atom. The summed E-state index contributed by atoms with van der Waals surface area (Å²) in [4.78, 5) is 39.5. The molecule has 4 atom stereocenters. The number of rotatable bonds is 8. The number of aliphatic hydroxyl groups is 1. The van der Waals surface area contributed by atoms with Gasteiger partial charge in [0, 0.05) is 4.75 Å². The van der Waals surface area contributed by atoms with Crippen molar-refractivity contribution >= 4 is 45.5 Å². The van der Waals surface area contributed by atoms with Crippen LogP contribution in [0.5, 0.6) is 0 Å². The van der Waals surface area contributed by atoms with Gasteiger partial charge in [-0.25, -0.2) is 9.59 Å². The van der Waals surface area contributed by atoms with Crippen LogP contribution in [0.1, 0.15) is 39.2 Å². The third kappa shape index (κ3) is 3.99. The first-order valence-corrected chi connectivity index (χ1v) is 11.6. The minimum Gasteiger partial charge on any atom is -0.464 e. The van der Waals surface area contributed by atoms with Crippen molar-refractivity contribution in [3.63, 3.8) is 0 Å². The van der Waals surface area contributed by atoms with Gasteiger partial charge in [-0.3, -0.25) is 4.79 Å². The van der Waals surface area contributed by atoms with E-state index >= 15 is 0 Å². The summed E-state index contributed by atoms with van der Waals surface area (Å²) in [5, 5.41) is 9.97. The van der Waals surface area contributed by atoms with Gasteiger partial charge in [-0.15, -0.1) is 11.8 Å². The Kier molecular flexibility index (Phi) is 6.84. The molecule has 2 fully saturated rings. The second-order valence-electron chi connectivity index (χ2n) is 7.97. The summed E-state index contributed by atoms with van der Waals surface area (Å²) in [5.74, 6) is -1.88. The predicted molar refractivity (Wildman–Crippen MR) is 116 cm³/mol. The number of fused-ring (bicyclic) bond motifs is 1. The van der Waals surface area contributed by atoms with Crippen LogP contribution in [0.15, 0.2) is 30.3 Å². The van der Waals surface area contributed by atoms with Crippen molar-refractivity contribution in [2.45, 2.75) is 66.8 Å². The first-order valence-electron chi connectivity index (χ1n) is 9.89. The van der Waals surface area contributed by atoms with Crippen LogP contribution in [0.3, 0.4) is 0 Å². The van der Waals surface area contributed by atoms with Gasteiger partial charge < -0.3 is 19.5 Å². The van der Waals surface area contributed by atoms with E-state index in [-0.39, 0.29) is 13.2 Å². The number of halogens is 1. The Morgan fingerprint density at radius 1 is 1.27 bits per heavy atom. The molecule has 1 N–H and O–H groups in total. The van der Waals surface area contributed by atoms with Gasteiger partial charge in [0.1, 0.15) is 18.0 Å². The number of carbonyl (C=O) groups is 3. The van der Waals surface area contributed by atoms with Crippen LogP contribution in [0.25, 0.3) is 0 Å². The fraction of sp³-hybridized carbons (Fsp3) is 0.571. The van der Waals surface area contributed by atoms with Crippen LogP contribution in [-0.4, -0.2) is 61.1 Å². The lowest BCUT2D eigenvalue weighted by Gasteiger charge is -2.51. The van der Waals surface area contributed by atoms with E-state index < -0.39 is 44.4 Å². The van der Waals surface area contributed by atoms with E-state index in [1.54, 1.807) is 0 Å². The maximum absolute atomic E-state index is 13.0. The van der Waals surface area contributed by atoms with Gasteiger partial charge in [-0.05, 0) is 25.8 Å². The number of β-lactam (4-membered cyclic amide) rings is 1. The lowest BCUT2D eigenvalue weighted by molar-refractivity contribution is -0.174. The number of benzene rings is 1. The van der Waals surface area contributed by atoms with Gasteiger partial charge in [-0.2, -0.15) is 0 Å². The standard InChI is InChI=1S/C21H26BrNO6S/c1-4-5-11-28-17(26)15(24)21(22)18(27)23-14(20(2,3)30-19(21)23)16(25)29-12-13-9-7-6-8-10-13/h6-10,14-15,19,24H,4-5,11-12H2,1-3H3/t14-,15?,19+,21-/m0/s1. The van der Waals surface area contributed by atoms with Gasteiger partial charge in [0.05, 0.1) is 6.61 Å². The number of hydrogen-bond donors (Lipinski definition) is 1. The van der Waals surface area contributed by atoms with Crippen molar-refractivity contribution < 1.29 is 29.0 Å². The summed E-state index contributed by atoms with van der Waals surface area (Å²) in [5.41, 5.74) is 0.848. The van der Waals surface area contributed by atoms with E-state index in [0.717, 1.165) is 12.0 Å². The number of unbranched alkanes of at least 4 members (excludes halogenated alkanes) is 1. The monoisotopic (exact) mass is 499 g/mol. The zero-order valence-electron chi connectivity index (χ0n) is 17.2. The number of ether oxygens (including phenoxy) is 2. The van der Waals surface area contributed by atoms with Crippen molar-refractivity contribution in [1.29, 1.82) is 0 Å². The fourth-order valence-electron chi connectivity index (χ4n) is 3.65. The summed E-state index contributed by atoms with van der Waals surface area (Å²) < 4.78 is 8.38. The zero-order chi connectivity index (χ0) is 22.1. The van der Waals surface area contributed by atoms with Crippen LogP contribution in [0.4, 0.5) is 0 Å². The van der Waals surface area contributed by atoms with Gasteiger partial charge in [0.15, 0.2) is 10.4 Å². The second-order valence-corrected chi connectivity index (χ2v) is 11.0. The molecule has 1 aromatic carbocycles. The molecule has 30 heavy (non-hydrogen) atoms. The minimum absolute atomic E-state index is 0.107. The summed E-state index contributed by atoms with van der Waals surface area (Å²) >= 11 is 4.65. The van der Waals surface area contributed by atoms with Gasteiger partial charge in [0.2, 0.25) is 5.91 Å². The molecule has 0 spiro atoms. The third-order valence-electron chi connectivity index (χ3n) is 5.34. The molecular formula is C21H26BrNO6S. The molecule has 1 unspecified atom stereocenters. The molecule has 9 heteroatoms. The SMILES string of the molecule is CCCCOC(=O)C(O)[C@]1(Br)C(=O)N2[C@@H](C(=O)OCc3ccccc3)C(C)(C)S[C@@H]21.